The molecule has 3 N–H and O–H groups in total. The number of nitrogens with one attached hydrogen (secondary N) is 3. The van der Waals surface area contributed by atoms with E-state index in [0.717, 1.165) is 5.56 Å². The SMILES string of the molecule is COc1cc(/C=N\NC(=O)C(=O)Nc2ccc(C)cc2)ccc1OCC(=O)Nc1cccc(Cl)c1. The van der Waals surface area contributed by atoms with Crippen LogP contribution >= 0.6 is 11.6 Å². The summed E-state index contributed by atoms with van der Waals surface area (Å²) in [7, 11) is 1.45. The Hall–Kier alpha value is -4.37. The first kappa shape index (κ1) is 25.3. The normalized spacial score (nSPS) is 10.5. The number of carbonyl (C=O) groups excluding carboxylic acids is 3. The average Bonchev–Trinajstić information content (AvgIpc) is 2.84. The summed E-state index contributed by atoms with van der Waals surface area (Å²) in [5.41, 5.74) is 4.82. The predicted molar refractivity (Wildman–Crippen MR) is 134 cm³/mol. The summed E-state index contributed by atoms with van der Waals surface area (Å²) in [6.45, 7) is 1.67. The molecule has 3 amide bonds. The molecule has 0 fully saturated rings. The maximum atomic E-state index is 12.1. The molecule has 0 atom stereocenters. The largest absolute Gasteiger partial charge is 0.493 e. The third kappa shape index (κ3) is 7.86. The molecule has 0 spiro atoms. The van der Waals surface area contributed by atoms with Crippen LogP contribution in [0.4, 0.5) is 11.4 Å². The van der Waals surface area contributed by atoms with E-state index in [9.17, 15) is 14.4 Å². The highest BCUT2D eigenvalue weighted by Gasteiger charge is 2.13. The van der Waals surface area contributed by atoms with Gasteiger partial charge in [0.05, 0.1) is 13.3 Å². The molecule has 0 saturated heterocycles. The standard InChI is InChI=1S/C25H23ClN4O5/c1-16-6-9-19(10-7-16)29-24(32)25(33)30-27-14-17-8-11-21(22(12-17)34-2)35-15-23(31)28-20-5-3-4-18(26)13-20/h3-14H,15H2,1-2H3,(H,28,31)(H,29,32)(H,30,33)/b27-14-. The van der Waals surface area contributed by atoms with Crippen LogP contribution in [0.25, 0.3) is 0 Å². The van der Waals surface area contributed by atoms with Gasteiger partial charge in [-0.25, -0.2) is 5.43 Å². The zero-order valence-corrected chi connectivity index (χ0v) is 19.8. The van der Waals surface area contributed by atoms with Crippen LogP contribution in [0, 0.1) is 6.92 Å². The molecule has 180 valence electrons. The van der Waals surface area contributed by atoms with Gasteiger partial charge in [-0.1, -0.05) is 35.4 Å². The summed E-state index contributed by atoms with van der Waals surface area (Å²) in [5.74, 6) is -1.44. The van der Waals surface area contributed by atoms with Crippen molar-refractivity contribution in [3.05, 3.63) is 82.9 Å². The van der Waals surface area contributed by atoms with Gasteiger partial charge in [0.1, 0.15) is 0 Å². The maximum absolute atomic E-state index is 12.1. The first-order valence-electron chi connectivity index (χ1n) is 10.4. The Kier molecular flexibility index (Phi) is 8.80. The summed E-state index contributed by atoms with van der Waals surface area (Å²) in [6.07, 6.45) is 1.34. The topological polar surface area (TPSA) is 118 Å². The van der Waals surface area contributed by atoms with Gasteiger partial charge < -0.3 is 20.1 Å². The van der Waals surface area contributed by atoms with E-state index in [0.29, 0.717) is 33.5 Å². The van der Waals surface area contributed by atoms with Crippen molar-refractivity contribution >= 4 is 46.9 Å². The Morgan fingerprint density at radius 3 is 2.40 bits per heavy atom. The summed E-state index contributed by atoms with van der Waals surface area (Å²) < 4.78 is 10.9. The lowest BCUT2D eigenvalue weighted by Gasteiger charge is -2.11. The molecule has 0 radical (unpaired) electrons. The third-order valence-corrected chi connectivity index (χ3v) is 4.79. The molecule has 0 heterocycles. The number of methoxy groups -OCH3 is 1. The van der Waals surface area contributed by atoms with Crippen LogP contribution in [0.1, 0.15) is 11.1 Å². The molecule has 0 saturated carbocycles. The predicted octanol–water partition coefficient (Wildman–Crippen LogP) is 3.76. The minimum atomic E-state index is -0.917. The van der Waals surface area contributed by atoms with Crippen molar-refractivity contribution in [2.75, 3.05) is 24.4 Å². The summed E-state index contributed by atoms with van der Waals surface area (Å²) >= 11 is 5.91. The molecule has 3 aromatic rings. The van der Waals surface area contributed by atoms with Crippen molar-refractivity contribution in [2.24, 2.45) is 5.10 Å². The molecule has 0 aliphatic heterocycles. The molecule has 9 nitrogen and oxygen atoms in total. The number of hydrazone groups is 1. The van der Waals surface area contributed by atoms with E-state index in [4.69, 9.17) is 21.1 Å². The van der Waals surface area contributed by atoms with Gasteiger partial charge in [-0.2, -0.15) is 5.10 Å². The molecule has 0 bridgehead atoms. The van der Waals surface area contributed by atoms with E-state index >= 15 is 0 Å². The molecule has 0 unspecified atom stereocenters. The number of nitrogens with zero attached hydrogens (tertiary/aromatic N) is 1. The summed E-state index contributed by atoms with van der Waals surface area (Å²) in [6, 6.07) is 18.6. The number of anilines is 2. The van der Waals surface area contributed by atoms with Gasteiger partial charge in [0.15, 0.2) is 18.1 Å². The molecular formula is C25H23ClN4O5. The molecular weight excluding hydrogens is 472 g/mol. The van der Waals surface area contributed by atoms with Gasteiger partial charge in [0.25, 0.3) is 5.91 Å². The lowest BCUT2D eigenvalue weighted by molar-refractivity contribution is -0.136. The maximum Gasteiger partial charge on any atom is 0.329 e. The Morgan fingerprint density at radius 2 is 1.69 bits per heavy atom. The molecule has 0 aliphatic rings. The number of carbonyl (C=O) groups is 3. The zero-order chi connectivity index (χ0) is 25.2. The van der Waals surface area contributed by atoms with Crippen LogP contribution in [-0.4, -0.2) is 37.7 Å². The van der Waals surface area contributed by atoms with Gasteiger partial charge in [-0.05, 0) is 61.0 Å². The van der Waals surface area contributed by atoms with E-state index in [1.165, 1.54) is 13.3 Å². The highest BCUT2D eigenvalue weighted by Crippen LogP contribution is 2.27. The minimum absolute atomic E-state index is 0.248. The second kappa shape index (κ2) is 12.2. The quantitative estimate of drug-likeness (QED) is 0.250. The Labute approximate surface area is 207 Å². The highest BCUT2D eigenvalue weighted by molar-refractivity contribution is 6.39. The van der Waals surface area contributed by atoms with Gasteiger partial charge in [0.2, 0.25) is 0 Å². The van der Waals surface area contributed by atoms with E-state index in [2.05, 4.69) is 21.2 Å². The number of rotatable bonds is 8. The number of benzene rings is 3. The monoisotopic (exact) mass is 494 g/mol. The number of hydrogen-bond acceptors (Lipinski definition) is 6. The lowest BCUT2D eigenvalue weighted by atomic mass is 10.2. The minimum Gasteiger partial charge on any atom is -0.493 e. The molecule has 3 rings (SSSR count). The second-order valence-electron chi connectivity index (χ2n) is 7.28. The van der Waals surface area contributed by atoms with Crippen molar-refractivity contribution in [2.45, 2.75) is 6.92 Å². The smallest absolute Gasteiger partial charge is 0.329 e. The van der Waals surface area contributed by atoms with Gasteiger partial charge in [-0.15, -0.1) is 0 Å². The van der Waals surface area contributed by atoms with Crippen LogP contribution < -0.4 is 25.5 Å². The van der Waals surface area contributed by atoms with Crippen molar-refractivity contribution in [3.8, 4) is 11.5 Å². The van der Waals surface area contributed by atoms with Gasteiger partial charge >= 0.3 is 11.8 Å². The van der Waals surface area contributed by atoms with Crippen molar-refractivity contribution in [1.29, 1.82) is 0 Å². The van der Waals surface area contributed by atoms with Crippen LogP contribution in [-0.2, 0) is 14.4 Å². The fourth-order valence-electron chi connectivity index (χ4n) is 2.83. The lowest BCUT2D eigenvalue weighted by Crippen LogP contribution is -2.32. The Bertz CT molecular complexity index is 1240. The molecule has 35 heavy (non-hydrogen) atoms. The van der Waals surface area contributed by atoms with Crippen LogP contribution in [0.15, 0.2) is 71.8 Å². The van der Waals surface area contributed by atoms with Crippen molar-refractivity contribution in [1.82, 2.24) is 5.43 Å². The van der Waals surface area contributed by atoms with E-state index < -0.39 is 11.8 Å². The highest BCUT2D eigenvalue weighted by atomic mass is 35.5. The van der Waals surface area contributed by atoms with Crippen molar-refractivity contribution < 1.29 is 23.9 Å². The van der Waals surface area contributed by atoms with E-state index in [-0.39, 0.29) is 12.5 Å². The second-order valence-corrected chi connectivity index (χ2v) is 7.71. The van der Waals surface area contributed by atoms with Gasteiger partial charge in [-0.3, -0.25) is 14.4 Å². The third-order valence-electron chi connectivity index (χ3n) is 4.55. The Balaban J connectivity index is 1.52. The van der Waals surface area contributed by atoms with Crippen LogP contribution in [0.3, 0.4) is 0 Å². The number of hydrogen-bond donors (Lipinski definition) is 3. The van der Waals surface area contributed by atoms with Crippen LogP contribution in [0.2, 0.25) is 5.02 Å². The fraction of sp³-hybridized carbons (Fsp3) is 0.120. The summed E-state index contributed by atoms with van der Waals surface area (Å²) in [5, 5.41) is 9.47. The molecule has 0 aromatic heterocycles. The van der Waals surface area contributed by atoms with Crippen molar-refractivity contribution in [3.63, 3.8) is 0 Å². The Morgan fingerprint density at radius 1 is 0.914 bits per heavy atom. The number of aryl methyl sites for hydroxylation is 1. The van der Waals surface area contributed by atoms with Crippen LogP contribution in [0.5, 0.6) is 11.5 Å². The van der Waals surface area contributed by atoms with E-state index in [1.807, 2.05) is 19.1 Å². The number of halogens is 1. The first-order valence-corrected chi connectivity index (χ1v) is 10.8. The van der Waals surface area contributed by atoms with E-state index in [1.54, 1.807) is 54.6 Å². The molecule has 3 aromatic carbocycles. The molecule has 10 heteroatoms. The first-order chi connectivity index (χ1) is 16.8. The number of amides is 3. The van der Waals surface area contributed by atoms with Gasteiger partial charge in [0, 0.05) is 16.4 Å². The molecule has 0 aliphatic carbocycles. The zero-order valence-electron chi connectivity index (χ0n) is 19.0. The average molecular weight is 495 g/mol. The number of ether oxygens (including phenoxy) is 2. The summed E-state index contributed by atoms with van der Waals surface area (Å²) in [4.78, 5) is 36.1. The fourth-order valence-corrected chi connectivity index (χ4v) is 3.02.